The maximum atomic E-state index is 12.1. The van der Waals surface area contributed by atoms with E-state index in [1.807, 2.05) is 6.92 Å². The van der Waals surface area contributed by atoms with Crippen LogP contribution < -0.4 is 9.64 Å². The highest BCUT2D eigenvalue weighted by Gasteiger charge is 2.35. The molecule has 1 fully saturated rings. The Balaban J connectivity index is 1.52. The van der Waals surface area contributed by atoms with Gasteiger partial charge in [-0.3, -0.25) is 9.69 Å². The third-order valence-electron chi connectivity index (χ3n) is 3.54. The predicted molar refractivity (Wildman–Crippen MR) is 103 cm³/mol. The van der Waals surface area contributed by atoms with Crippen LogP contribution in [0, 0.1) is 0 Å². The van der Waals surface area contributed by atoms with E-state index in [2.05, 4.69) is 10.2 Å². The van der Waals surface area contributed by atoms with Gasteiger partial charge in [0.15, 0.2) is 4.34 Å². The normalized spacial score (nSPS) is 13.7. The summed E-state index contributed by atoms with van der Waals surface area (Å²) in [6.45, 7) is 2.34. The van der Waals surface area contributed by atoms with Gasteiger partial charge in [0.1, 0.15) is 5.75 Å². The van der Waals surface area contributed by atoms with E-state index in [0.29, 0.717) is 45.7 Å². The van der Waals surface area contributed by atoms with Crippen molar-refractivity contribution in [1.29, 1.82) is 0 Å². The zero-order chi connectivity index (χ0) is 17.8. The SMILES string of the molecule is CCC(=O)N(c1nnc(SCCOc2cc(Cl)ccc2Cl)s1)C1CC1. The number of aromatic nitrogens is 2. The number of nitrogens with zero attached hydrogens (tertiary/aromatic N) is 3. The average molecular weight is 418 g/mol. The molecule has 1 aromatic heterocycles. The van der Waals surface area contributed by atoms with Crippen molar-refractivity contribution in [1.82, 2.24) is 10.2 Å². The highest BCUT2D eigenvalue weighted by molar-refractivity contribution is 8.01. The Morgan fingerprint density at radius 1 is 1.40 bits per heavy atom. The molecule has 1 saturated carbocycles. The molecule has 0 atom stereocenters. The van der Waals surface area contributed by atoms with Crippen molar-refractivity contribution < 1.29 is 9.53 Å². The van der Waals surface area contributed by atoms with E-state index in [9.17, 15) is 4.79 Å². The monoisotopic (exact) mass is 417 g/mol. The van der Waals surface area contributed by atoms with Gasteiger partial charge in [-0.05, 0) is 25.0 Å². The number of carbonyl (C=O) groups excluding carboxylic acids is 1. The van der Waals surface area contributed by atoms with Crippen LogP contribution in [0.25, 0.3) is 0 Å². The van der Waals surface area contributed by atoms with Crippen molar-refractivity contribution in [3.8, 4) is 5.75 Å². The predicted octanol–water partition coefficient (Wildman–Crippen LogP) is 4.92. The van der Waals surface area contributed by atoms with Crippen molar-refractivity contribution in [3.63, 3.8) is 0 Å². The molecule has 0 saturated heterocycles. The Morgan fingerprint density at radius 3 is 2.92 bits per heavy atom. The molecule has 2 aromatic rings. The fourth-order valence-electron chi connectivity index (χ4n) is 2.20. The summed E-state index contributed by atoms with van der Waals surface area (Å²) >= 11 is 15.0. The molecule has 25 heavy (non-hydrogen) atoms. The van der Waals surface area contributed by atoms with E-state index < -0.39 is 0 Å². The molecule has 0 bridgehead atoms. The second kappa shape index (κ2) is 8.58. The lowest BCUT2D eigenvalue weighted by Gasteiger charge is -2.17. The van der Waals surface area contributed by atoms with E-state index >= 15 is 0 Å². The molecule has 134 valence electrons. The van der Waals surface area contributed by atoms with Crippen molar-refractivity contribution in [2.45, 2.75) is 36.6 Å². The summed E-state index contributed by atoms with van der Waals surface area (Å²) < 4.78 is 6.48. The zero-order valence-corrected chi connectivity index (χ0v) is 16.7. The van der Waals surface area contributed by atoms with Crippen LogP contribution in [0.5, 0.6) is 5.75 Å². The van der Waals surface area contributed by atoms with Crippen molar-refractivity contribution in [2.75, 3.05) is 17.3 Å². The molecule has 0 unspecified atom stereocenters. The Hall–Kier alpha value is -1.02. The summed E-state index contributed by atoms with van der Waals surface area (Å²) in [5.74, 6) is 1.37. The standard InChI is InChI=1S/C16H17Cl2N3O2S2/c1-2-14(22)21(11-4-5-11)15-19-20-16(25-15)24-8-7-23-13-9-10(17)3-6-12(13)18/h3,6,9,11H,2,4-5,7-8H2,1H3. The molecule has 9 heteroatoms. The largest absolute Gasteiger partial charge is 0.491 e. The fourth-order valence-corrected chi connectivity index (χ4v) is 4.35. The highest BCUT2D eigenvalue weighted by Crippen LogP contribution is 2.36. The minimum Gasteiger partial charge on any atom is -0.491 e. The van der Waals surface area contributed by atoms with Gasteiger partial charge in [-0.1, -0.05) is 53.2 Å². The quantitative estimate of drug-likeness (QED) is 0.346. The molecule has 0 aliphatic heterocycles. The topological polar surface area (TPSA) is 55.3 Å². The van der Waals surface area contributed by atoms with Crippen LogP contribution in [0.4, 0.5) is 5.13 Å². The van der Waals surface area contributed by atoms with Crippen LogP contribution in [0.15, 0.2) is 22.5 Å². The van der Waals surface area contributed by atoms with Gasteiger partial charge in [0.2, 0.25) is 11.0 Å². The van der Waals surface area contributed by atoms with Crippen LogP contribution in [-0.4, -0.2) is 34.5 Å². The van der Waals surface area contributed by atoms with Gasteiger partial charge in [0.05, 0.1) is 11.6 Å². The number of rotatable bonds is 8. The molecular weight excluding hydrogens is 401 g/mol. The molecule has 1 aliphatic rings. The first kappa shape index (κ1) is 18.8. The van der Waals surface area contributed by atoms with Crippen molar-refractivity contribution >= 4 is 57.3 Å². The Kier molecular flexibility index (Phi) is 6.44. The van der Waals surface area contributed by atoms with Gasteiger partial charge in [0, 0.05) is 29.3 Å². The third-order valence-corrected chi connectivity index (χ3v) is 6.11. The number of hydrogen-bond acceptors (Lipinski definition) is 6. The number of anilines is 1. The van der Waals surface area contributed by atoms with E-state index in [1.165, 1.54) is 11.3 Å². The molecule has 0 radical (unpaired) electrons. The number of carbonyl (C=O) groups is 1. The number of hydrogen-bond donors (Lipinski definition) is 0. The summed E-state index contributed by atoms with van der Waals surface area (Å²) in [7, 11) is 0. The fraction of sp³-hybridized carbons (Fsp3) is 0.438. The van der Waals surface area contributed by atoms with E-state index in [1.54, 1.807) is 34.9 Å². The van der Waals surface area contributed by atoms with Crippen molar-refractivity contribution in [2.24, 2.45) is 0 Å². The number of halogens is 2. The van der Waals surface area contributed by atoms with E-state index in [0.717, 1.165) is 17.2 Å². The lowest BCUT2D eigenvalue weighted by atomic mass is 10.3. The summed E-state index contributed by atoms with van der Waals surface area (Å²) in [5, 5.41) is 10.2. The first-order valence-electron chi connectivity index (χ1n) is 7.94. The van der Waals surface area contributed by atoms with Crippen molar-refractivity contribution in [3.05, 3.63) is 28.2 Å². The summed E-state index contributed by atoms with van der Waals surface area (Å²) in [4.78, 5) is 13.9. The van der Waals surface area contributed by atoms with E-state index in [4.69, 9.17) is 27.9 Å². The number of benzene rings is 1. The average Bonchev–Trinajstić information content (AvgIpc) is 3.33. The Bertz CT molecular complexity index is 753. The summed E-state index contributed by atoms with van der Waals surface area (Å²) in [6, 6.07) is 5.42. The highest BCUT2D eigenvalue weighted by atomic mass is 35.5. The third kappa shape index (κ3) is 5.00. The van der Waals surface area contributed by atoms with Crippen LogP contribution in [0.3, 0.4) is 0 Å². The second-order valence-corrected chi connectivity index (χ2v) is 8.61. The first-order valence-corrected chi connectivity index (χ1v) is 10.5. The number of thioether (sulfide) groups is 1. The molecule has 1 aromatic carbocycles. The molecule has 0 spiro atoms. The maximum absolute atomic E-state index is 12.1. The molecule has 3 rings (SSSR count). The van der Waals surface area contributed by atoms with Crippen LogP contribution in [0.1, 0.15) is 26.2 Å². The summed E-state index contributed by atoms with van der Waals surface area (Å²) in [5.41, 5.74) is 0. The maximum Gasteiger partial charge on any atom is 0.228 e. The number of ether oxygens (including phenoxy) is 1. The molecule has 5 nitrogen and oxygen atoms in total. The second-order valence-electron chi connectivity index (χ2n) is 5.47. The number of amides is 1. The molecular formula is C16H17Cl2N3O2S2. The lowest BCUT2D eigenvalue weighted by Crippen LogP contribution is -2.32. The molecule has 1 heterocycles. The molecule has 0 N–H and O–H groups in total. The van der Waals surface area contributed by atoms with Crippen LogP contribution in [0.2, 0.25) is 10.0 Å². The van der Waals surface area contributed by atoms with Gasteiger partial charge in [-0.2, -0.15) is 0 Å². The molecule has 1 aliphatic carbocycles. The lowest BCUT2D eigenvalue weighted by molar-refractivity contribution is -0.118. The first-order chi connectivity index (χ1) is 12.1. The smallest absolute Gasteiger partial charge is 0.228 e. The Morgan fingerprint density at radius 2 is 2.20 bits per heavy atom. The summed E-state index contributed by atoms with van der Waals surface area (Å²) in [6.07, 6.45) is 2.57. The molecule has 1 amide bonds. The van der Waals surface area contributed by atoms with Crippen LogP contribution >= 0.6 is 46.3 Å². The van der Waals surface area contributed by atoms with Gasteiger partial charge in [-0.25, -0.2) is 0 Å². The Labute approximate surface area is 164 Å². The van der Waals surface area contributed by atoms with E-state index in [-0.39, 0.29) is 5.91 Å². The van der Waals surface area contributed by atoms with Gasteiger partial charge in [0.25, 0.3) is 0 Å². The van der Waals surface area contributed by atoms with Gasteiger partial charge < -0.3 is 4.74 Å². The minimum absolute atomic E-state index is 0.106. The zero-order valence-electron chi connectivity index (χ0n) is 13.6. The van der Waals surface area contributed by atoms with Gasteiger partial charge >= 0.3 is 0 Å². The van der Waals surface area contributed by atoms with Crippen LogP contribution in [-0.2, 0) is 4.79 Å². The van der Waals surface area contributed by atoms with Gasteiger partial charge in [-0.15, -0.1) is 10.2 Å². The minimum atomic E-state index is 0.106.